The van der Waals surface area contributed by atoms with E-state index >= 15 is 0 Å². The molecular weight excluding hydrogens is 414 g/mol. The van der Waals surface area contributed by atoms with Crippen molar-refractivity contribution in [3.63, 3.8) is 0 Å². The Kier molecular flexibility index (Phi) is 5.81. The van der Waals surface area contributed by atoms with E-state index in [4.69, 9.17) is 9.47 Å². The summed E-state index contributed by atoms with van der Waals surface area (Å²) in [7, 11) is 1.56. The van der Waals surface area contributed by atoms with Gasteiger partial charge in [0.25, 0.3) is 5.56 Å². The molecule has 0 fully saturated rings. The number of ether oxygens (including phenoxy) is 2. The summed E-state index contributed by atoms with van der Waals surface area (Å²) in [4.78, 5) is 35.6. The minimum absolute atomic E-state index is 0.222. The molecule has 0 N–H and O–H groups in total. The number of allylic oxidation sites excluding steroid dienone is 1. The number of thiazole rings is 1. The van der Waals surface area contributed by atoms with Crippen LogP contribution in [0.1, 0.15) is 31.0 Å². The Morgan fingerprint density at radius 1 is 1.26 bits per heavy atom. The Balaban J connectivity index is 2.00. The zero-order valence-electron chi connectivity index (χ0n) is 17.4. The summed E-state index contributed by atoms with van der Waals surface area (Å²) in [6.45, 7) is 3.72. The summed E-state index contributed by atoms with van der Waals surface area (Å²) in [5, 5.41) is 0. The van der Waals surface area contributed by atoms with Crippen molar-refractivity contribution >= 4 is 23.4 Å². The van der Waals surface area contributed by atoms with Crippen LogP contribution >= 0.6 is 11.3 Å². The molecular formula is C23H21N3O4S. The lowest BCUT2D eigenvalue weighted by Gasteiger charge is -2.25. The molecule has 2 aromatic heterocycles. The molecule has 1 aromatic carbocycles. The molecule has 158 valence electrons. The van der Waals surface area contributed by atoms with Crippen molar-refractivity contribution < 1.29 is 14.3 Å². The van der Waals surface area contributed by atoms with Gasteiger partial charge in [0.15, 0.2) is 4.80 Å². The molecule has 1 aliphatic heterocycles. The van der Waals surface area contributed by atoms with E-state index in [0.29, 0.717) is 31.9 Å². The molecule has 7 nitrogen and oxygen atoms in total. The second kappa shape index (κ2) is 8.69. The number of para-hydroxylation sites is 1. The molecule has 0 spiro atoms. The van der Waals surface area contributed by atoms with Crippen LogP contribution in [0.5, 0.6) is 5.75 Å². The van der Waals surface area contributed by atoms with Gasteiger partial charge in [-0.2, -0.15) is 0 Å². The van der Waals surface area contributed by atoms with E-state index in [-0.39, 0.29) is 12.2 Å². The monoisotopic (exact) mass is 435 g/mol. The zero-order valence-corrected chi connectivity index (χ0v) is 18.2. The average Bonchev–Trinajstić information content (AvgIpc) is 3.08. The first-order chi connectivity index (χ1) is 15.0. The predicted molar refractivity (Wildman–Crippen MR) is 118 cm³/mol. The fraction of sp³-hybridized carbons (Fsp3) is 0.217. The van der Waals surface area contributed by atoms with Gasteiger partial charge in [-0.1, -0.05) is 35.6 Å². The van der Waals surface area contributed by atoms with Crippen LogP contribution in [-0.2, 0) is 9.53 Å². The Morgan fingerprint density at radius 2 is 2.06 bits per heavy atom. The summed E-state index contributed by atoms with van der Waals surface area (Å²) >= 11 is 1.27. The number of carbonyl (C=O) groups is 1. The van der Waals surface area contributed by atoms with Crippen molar-refractivity contribution in [2.45, 2.75) is 19.9 Å². The Bertz CT molecular complexity index is 1340. The molecule has 0 saturated heterocycles. The van der Waals surface area contributed by atoms with Gasteiger partial charge in [-0.3, -0.25) is 14.3 Å². The number of pyridine rings is 1. The van der Waals surface area contributed by atoms with E-state index < -0.39 is 12.0 Å². The van der Waals surface area contributed by atoms with Gasteiger partial charge in [0.1, 0.15) is 11.8 Å². The SMILES string of the molecule is CCOC(=O)C1=C(C)N=c2s/c(=C\c3cccnc3)c(=O)n2[C@H]1c1ccccc1OC. The maximum atomic E-state index is 13.5. The topological polar surface area (TPSA) is 82.8 Å². The molecule has 0 amide bonds. The second-order valence-electron chi connectivity index (χ2n) is 6.83. The third-order valence-corrected chi connectivity index (χ3v) is 5.92. The van der Waals surface area contributed by atoms with Gasteiger partial charge < -0.3 is 9.47 Å². The summed E-state index contributed by atoms with van der Waals surface area (Å²) in [6.07, 6.45) is 5.14. The quantitative estimate of drug-likeness (QED) is 0.574. The number of carbonyl (C=O) groups excluding carboxylic acids is 1. The van der Waals surface area contributed by atoms with Crippen LogP contribution in [0, 0.1) is 0 Å². The van der Waals surface area contributed by atoms with Gasteiger partial charge >= 0.3 is 5.97 Å². The van der Waals surface area contributed by atoms with Gasteiger partial charge in [0, 0.05) is 18.0 Å². The third-order valence-electron chi connectivity index (χ3n) is 4.93. The zero-order chi connectivity index (χ0) is 22.0. The molecule has 0 bridgehead atoms. The first-order valence-electron chi connectivity index (χ1n) is 9.77. The van der Waals surface area contributed by atoms with Crippen molar-refractivity contribution in [3.05, 3.63) is 90.9 Å². The maximum Gasteiger partial charge on any atom is 0.338 e. The minimum Gasteiger partial charge on any atom is -0.496 e. The number of hydrogen-bond acceptors (Lipinski definition) is 7. The van der Waals surface area contributed by atoms with Crippen LogP contribution in [-0.4, -0.2) is 29.2 Å². The minimum atomic E-state index is -0.706. The van der Waals surface area contributed by atoms with E-state index in [9.17, 15) is 9.59 Å². The Labute approximate surface area is 182 Å². The third kappa shape index (κ3) is 3.82. The van der Waals surface area contributed by atoms with E-state index in [0.717, 1.165) is 5.56 Å². The van der Waals surface area contributed by atoms with E-state index in [1.165, 1.54) is 11.3 Å². The van der Waals surface area contributed by atoms with E-state index in [2.05, 4.69) is 9.98 Å². The fourth-order valence-electron chi connectivity index (χ4n) is 3.59. The predicted octanol–water partition coefficient (Wildman–Crippen LogP) is 2.20. The van der Waals surface area contributed by atoms with Gasteiger partial charge in [-0.15, -0.1) is 0 Å². The largest absolute Gasteiger partial charge is 0.496 e. The highest BCUT2D eigenvalue weighted by molar-refractivity contribution is 7.07. The van der Waals surface area contributed by atoms with Crippen LogP contribution in [0.2, 0.25) is 0 Å². The van der Waals surface area contributed by atoms with Gasteiger partial charge in [-0.05, 0) is 37.6 Å². The molecule has 0 aliphatic carbocycles. The summed E-state index contributed by atoms with van der Waals surface area (Å²) in [5.41, 5.74) is 2.10. The Morgan fingerprint density at radius 3 is 2.77 bits per heavy atom. The second-order valence-corrected chi connectivity index (χ2v) is 7.84. The summed E-state index contributed by atoms with van der Waals surface area (Å²) in [5.74, 6) is 0.0760. The smallest absolute Gasteiger partial charge is 0.338 e. The molecule has 8 heteroatoms. The summed E-state index contributed by atoms with van der Waals surface area (Å²) in [6, 6.07) is 10.3. The lowest BCUT2D eigenvalue weighted by Crippen LogP contribution is -2.40. The highest BCUT2D eigenvalue weighted by Crippen LogP contribution is 2.35. The highest BCUT2D eigenvalue weighted by Gasteiger charge is 2.34. The molecule has 31 heavy (non-hydrogen) atoms. The molecule has 0 saturated carbocycles. The number of methoxy groups -OCH3 is 1. The molecule has 3 aromatic rings. The van der Waals surface area contributed by atoms with Crippen molar-refractivity contribution in [3.8, 4) is 5.75 Å². The normalized spacial score (nSPS) is 16.0. The standard InChI is InChI=1S/C23H21N3O4S/c1-4-30-22(28)19-14(2)25-23-26(20(19)16-9-5-6-10-17(16)29-3)21(27)18(31-23)12-15-8-7-11-24-13-15/h5-13,20H,4H2,1-3H3/b18-12-/t20-/m0/s1. The first-order valence-corrected chi connectivity index (χ1v) is 10.6. The maximum absolute atomic E-state index is 13.5. The molecule has 0 radical (unpaired) electrons. The van der Waals surface area contributed by atoms with Crippen LogP contribution in [0.15, 0.2) is 69.8 Å². The number of nitrogens with zero attached hydrogens (tertiary/aromatic N) is 3. The molecule has 3 heterocycles. The van der Waals surface area contributed by atoms with Crippen molar-refractivity contribution in [2.75, 3.05) is 13.7 Å². The van der Waals surface area contributed by atoms with Gasteiger partial charge in [0.05, 0.1) is 29.5 Å². The number of aromatic nitrogens is 2. The lowest BCUT2D eigenvalue weighted by atomic mass is 9.95. The van der Waals surface area contributed by atoms with Crippen molar-refractivity contribution in [1.29, 1.82) is 0 Å². The number of benzene rings is 1. The average molecular weight is 436 g/mol. The molecule has 0 unspecified atom stereocenters. The number of esters is 1. The van der Waals surface area contributed by atoms with Crippen LogP contribution in [0.25, 0.3) is 6.08 Å². The highest BCUT2D eigenvalue weighted by atomic mass is 32.1. The van der Waals surface area contributed by atoms with E-state index in [1.54, 1.807) is 50.1 Å². The fourth-order valence-corrected chi connectivity index (χ4v) is 4.64. The number of rotatable bonds is 5. The molecule has 1 atom stereocenters. The Hall–Kier alpha value is -3.52. The van der Waals surface area contributed by atoms with Crippen LogP contribution in [0.3, 0.4) is 0 Å². The van der Waals surface area contributed by atoms with Crippen molar-refractivity contribution in [2.24, 2.45) is 4.99 Å². The van der Waals surface area contributed by atoms with Crippen molar-refractivity contribution in [1.82, 2.24) is 9.55 Å². The summed E-state index contributed by atoms with van der Waals surface area (Å²) < 4.78 is 12.9. The lowest BCUT2D eigenvalue weighted by molar-refractivity contribution is -0.139. The number of hydrogen-bond donors (Lipinski definition) is 0. The van der Waals surface area contributed by atoms with Crippen LogP contribution in [0.4, 0.5) is 0 Å². The van der Waals surface area contributed by atoms with Gasteiger partial charge in [-0.25, -0.2) is 9.79 Å². The number of fused-ring (bicyclic) bond motifs is 1. The molecule has 1 aliphatic rings. The first kappa shape index (κ1) is 20.7. The van der Waals surface area contributed by atoms with E-state index in [1.807, 2.05) is 30.3 Å². The van der Waals surface area contributed by atoms with Gasteiger partial charge in [0.2, 0.25) is 0 Å². The van der Waals surface area contributed by atoms with Crippen LogP contribution < -0.4 is 19.6 Å². The molecule has 4 rings (SSSR count).